The third-order valence-corrected chi connectivity index (χ3v) is 5.43. The largest absolute Gasteiger partial charge is 0.457 e. The van der Waals surface area contributed by atoms with E-state index in [0.29, 0.717) is 28.7 Å². The van der Waals surface area contributed by atoms with E-state index in [1.165, 1.54) is 0 Å². The number of carbonyl (C=O) groups excluding carboxylic acids is 1. The Morgan fingerprint density at radius 1 is 0.857 bits per heavy atom. The van der Waals surface area contributed by atoms with Crippen molar-refractivity contribution in [3.8, 4) is 11.5 Å². The number of aryl methyl sites for hydroxylation is 1. The summed E-state index contributed by atoms with van der Waals surface area (Å²) in [4.78, 5) is 24.3. The Kier molecular flexibility index (Phi) is 7.57. The van der Waals surface area contributed by atoms with Gasteiger partial charge in [-0.3, -0.25) is 4.79 Å². The number of nitrogens with one attached hydrogen (secondary N) is 2. The van der Waals surface area contributed by atoms with Crippen molar-refractivity contribution < 1.29 is 9.53 Å². The fraction of sp³-hybridized carbons (Fsp3) is 0.179. The zero-order valence-electron chi connectivity index (χ0n) is 20.2. The molecular weight excluding hydrogens is 438 g/mol. The maximum absolute atomic E-state index is 13.0. The molecule has 1 amide bonds. The highest BCUT2D eigenvalue weighted by atomic mass is 16.5. The van der Waals surface area contributed by atoms with Crippen molar-refractivity contribution in [1.82, 2.24) is 9.97 Å². The summed E-state index contributed by atoms with van der Waals surface area (Å²) in [6.07, 6.45) is 0. The van der Waals surface area contributed by atoms with Gasteiger partial charge in [0, 0.05) is 36.2 Å². The summed E-state index contributed by atoms with van der Waals surface area (Å²) in [7, 11) is 0. The van der Waals surface area contributed by atoms with Gasteiger partial charge in [-0.05, 0) is 69.3 Å². The molecule has 0 aliphatic carbocycles. The topological polar surface area (TPSA) is 79.4 Å². The highest BCUT2D eigenvalue weighted by Gasteiger charge is 2.13. The number of nitrogens with zero attached hydrogens (tertiary/aromatic N) is 3. The zero-order chi connectivity index (χ0) is 24.6. The van der Waals surface area contributed by atoms with Crippen LogP contribution in [0.3, 0.4) is 0 Å². The molecule has 7 nitrogen and oxygen atoms in total. The second kappa shape index (κ2) is 11.2. The molecule has 4 rings (SSSR count). The number of anilines is 4. The van der Waals surface area contributed by atoms with Gasteiger partial charge in [-0.15, -0.1) is 0 Å². The lowest BCUT2D eigenvalue weighted by Gasteiger charge is -2.20. The molecular formula is C28H29N5O2. The van der Waals surface area contributed by atoms with Gasteiger partial charge >= 0.3 is 0 Å². The third kappa shape index (κ3) is 6.14. The molecule has 1 aromatic heterocycles. The van der Waals surface area contributed by atoms with Crippen LogP contribution >= 0.6 is 0 Å². The molecule has 0 bridgehead atoms. The zero-order valence-corrected chi connectivity index (χ0v) is 20.2. The highest BCUT2D eigenvalue weighted by Crippen LogP contribution is 2.26. The Hall–Kier alpha value is -4.39. The molecule has 0 radical (unpaired) electrons. The molecule has 0 fully saturated rings. The van der Waals surface area contributed by atoms with E-state index in [2.05, 4.69) is 39.3 Å². The first-order valence-electron chi connectivity index (χ1n) is 11.7. The monoisotopic (exact) mass is 467 g/mol. The standard InChI is InChI=1S/C28H29N5O2/c1-4-33(5-2)26-19-20(3)29-28(32-26)31-22-17-15-21(16-18-22)30-27(34)24-13-9-10-14-25(24)35-23-11-7-6-8-12-23/h6-19H,4-5H2,1-3H3,(H,30,34)(H,29,31,32). The second-order valence-electron chi connectivity index (χ2n) is 7.93. The number of para-hydroxylation sites is 2. The van der Waals surface area contributed by atoms with Crippen molar-refractivity contribution in [3.05, 3.63) is 96.2 Å². The van der Waals surface area contributed by atoms with E-state index in [1.54, 1.807) is 12.1 Å². The van der Waals surface area contributed by atoms with Crippen molar-refractivity contribution in [2.75, 3.05) is 28.6 Å². The molecule has 178 valence electrons. The van der Waals surface area contributed by atoms with Crippen LogP contribution in [0.4, 0.5) is 23.1 Å². The van der Waals surface area contributed by atoms with E-state index in [-0.39, 0.29) is 5.91 Å². The van der Waals surface area contributed by atoms with Crippen LogP contribution < -0.4 is 20.3 Å². The Bertz CT molecular complexity index is 1270. The van der Waals surface area contributed by atoms with Crippen molar-refractivity contribution in [1.29, 1.82) is 0 Å². The van der Waals surface area contributed by atoms with Gasteiger partial charge in [-0.2, -0.15) is 4.98 Å². The van der Waals surface area contributed by atoms with Gasteiger partial charge in [0.15, 0.2) is 0 Å². The lowest BCUT2D eigenvalue weighted by molar-refractivity contribution is 0.102. The minimum atomic E-state index is -0.247. The summed E-state index contributed by atoms with van der Waals surface area (Å²) in [5, 5.41) is 6.19. The molecule has 4 aromatic rings. The van der Waals surface area contributed by atoms with Crippen LogP contribution in [0.15, 0.2) is 84.9 Å². The van der Waals surface area contributed by atoms with Crippen LogP contribution in [0.2, 0.25) is 0 Å². The first kappa shape index (κ1) is 23.8. The Morgan fingerprint density at radius 2 is 1.51 bits per heavy atom. The number of aromatic nitrogens is 2. The molecule has 0 saturated heterocycles. The molecule has 0 aliphatic heterocycles. The molecule has 1 heterocycles. The fourth-order valence-electron chi connectivity index (χ4n) is 3.64. The first-order chi connectivity index (χ1) is 17.1. The number of hydrogen-bond donors (Lipinski definition) is 2. The predicted molar refractivity (Wildman–Crippen MR) is 141 cm³/mol. The normalized spacial score (nSPS) is 10.5. The molecule has 0 atom stereocenters. The Balaban J connectivity index is 1.45. The van der Waals surface area contributed by atoms with Crippen molar-refractivity contribution >= 4 is 29.0 Å². The molecule has 2 N–H and O–H groups in total. The van der Waals surface area contributed by atoms with Gasteiger partial charge in [-0.25, -0.2) is 4.98 Å². The van der Waals surface area contributed by atoms with Crippen LogP contribution in [-0.2, 0) is 0 Å². The maximum atomic E-state index is 13.0. The fourth-order valence-corrected chi connectivity index (χ4v) is 3.64. The van der Waals surface area contributed by atoms with Crippen molar-refractivity contribution in [2.45, 2.75) is 20.8 Å². The molecule has 0 spiro atoms. The van der Waals surface area contributed by atoms with Crippen LogP contribution in [0, 0.1) is 6.92 Å². The predicted octanol–water partition coefficient (Wildman–Crippen LogP) is 6.42. The van der Waals surface area contributed by atoms with E-state index in [4.69, 9.17) is 4.74 Å². The average molecular weight is 468 g/mol. The smallest absolute Gasteiger partial charge is 0.259 e. The van der Waals surface area contributed by atoms with Crippen LogP contribution in [-0.4, -0.2) is 29.0 Å². The Labute approximate surface area is 205 Å². The molecule has 35 heavy (non-hydrogen) atoms. The lowest BCUT2D eigenvalue weighted by Crippen LogP contribution is -2.23. The summed E-state index contributed by atoms with van der Waals surface area (Å²) in [5.74, 6) is 2.35. The van der Waals surface area contributed by atoms with Crippen LogP contribution in [0.1, 0.15) is 29.9 Å². The second-order valence-corrected chi connectivity index (χ2v) is 7.93. The number of benzene rings is 3. The van der Waals surface area contributed by atoms with Crippen LogP contribution in [0.5, 0.6) is 11.5 Å². The average Bonchev–Trinajstić information content (AvgIpc) is 2.87. The van der Waals surface area contributed by atoms with E-state index in [1.807, 2.05) is 79.7 Å². The Morgan fingerprint density at radius 3 is 2.23 bits per heavy atom. The molecule has 3 aromatic carbocycles. The van der Waals surface area contributed by atoms with Gasteiger partial charge in [0.25, 0.3) is 5.91 Å². The van der Waals surface area contributed by atoms with Gasteiger partial charge in [0.1, 0.15) is 17.3 Å². The number of hydrogen-bond acceptors (Lipinski definition) is 6. The SMILES string of the molecule is CCN(CC)c1cc(C)nc(Nc2ccc(NC(=O)c3ccccc3Oc3ccccc3)cc2)n1. The van der Waals surface area contributed by atoms with Crippen molar-refractivity contribution in [2.24, 2.45) is 0 Å². The lowest BCUT2D eigenvalue weighted by atomic mass is 10.1. The first-order valence-corrected chi connectivity index (χ1v) is 11.7. The van der Waals surface area contributed by atoms with Gasteiger partial charge in [-0.1, -0.05) is 30.3 Å². The molecule has 7 heteroatoms. The summed E-state index contributed by atoms with van der Waals surface area (Å²) in [6, 6.07) is 26.0. The minimum absolute atomic E-state index is 0.247. The highest BCUT2D eigenvalue weighted by molar-refractivity contribution is 6.06. The summed E-state index contributed by atoms with van der Waals surface area (Å²) >= 11 is 0. The van der Waals surface area contributed by atoms with Gasteiger partial charge < -0.3 is 20.3 Å². The van der Waals surface area contributed by atoms with Gasteiger partial charge in [0.05, 0.1) is 5.56 Å². The summed E-state index contributed by atoms with van der Waals surface area (Å²) in [5.41, 5.74) is 2.84. The summed E-state index contributed by atoms with van der Waals surface area (Å²) in [6.45, 7) is 7.92. The molecule has 0 unspecified atom stereocenters. The van der Waals surface area contributed by atoms with E-state index in [9.17, 15) is 4.79 Å². The van der Waals surface area contributed by atoms with E-state index >= 15 is 0 Å². The van der Waals surface area contributed by atoms with Gasteiger partial charge in [0.2, 0.25) is 5.95 Å². The quantitative estimate of drug-likeness (QED) is 0.296. The maximum Gasteiger partial charge on any atom is 0.259 e. The van der Waals surface area contributed by atoms with E-state index < -0.39 is 0 Å². The van der Waals surface area contributed by atoms with E-state index in [0.717, 1.165) is 30.3 Å². The molecule has 0 aliphatic rings. The third-order valence-electron chi connectivity index (χ3n) is 5.43. The molecule has 0 saturated carbocycles. The number of rotatable bonds is 9. The summed E-state index contributed by atoms with van der Waals surface area (Å²) < 4.78 is 5.92. The number of ether oxygens (including phenoxy) is 1. The number of carbonyl (C=O) groups is 1. The minimum Gasteiger partial charge on any atom is -0.457 e. The number of amides is 1. The van der Waals surface area contributed by atoms with Crippen LogP contribution in [0.25, 0.3) is 0 Å². The van der Waals surface area contributed by atoms with Crippen molar-refractivity contribution in [3.63, 3.8) is 0 Å².